The van der Waals surface area contributed by atoms with Gasteiger partial charge in [0, 0.05) is 24.4 Å². The quantitative estimate of drug-likeness (QED) is 0.873. The third-order valence-corrected chi connectivity index (χ3v) is 4.12. The highest BCUT2D eigenvalue weighted by Crippen LogP contribution is 2.37. The second-order valence-corrected chi connectivity index (χ2v) is 5.75. The molecule has 2 heterocycles. The van der Waals surface area contributed by atoms with E-state index in [-0.39, 0.29) is 17.3 Å². The number of rotatable bonds is 5. The fraction of sp³-hybridized carbons (Fsp3) is 0.538. The van der Waals surface area contributed by atoms with Crippen molar-refractivity contribution in [3.63, 3.8) is 0 Å². The molecule has 2 aromatic heterocycles. The minimum atomic E-state index is -0.0751. The zero-order chi connectivity index (χ0) is 14.7. The molecule has 1 fully saturated rings. The van der Waals surface area contributed by atoms with E-state index in [0.29, 0.717) is 18.4 Å². The van der Waals surface area contributed by atoms with Crippen LogP contribution in [-0.2, 0) is 0 Å². The monoisotopic (exact) mass is 308 g/mol. The number of halogens is 1. The Bertz CT molecular complexity index is 597. The van der Waals surface area contributed by atoms with E-state index < -0.39 is 0 Å². The molecule has 2 aromatic rings. The van der Waals surface area contributed by atoms with Crippen LogP contribution in [0.25, 0.3) is 5.95 Å². The standard InChI is InChI=1S/C13H17ClN6O/c14-10-17-11(16-7-13(8-21)3-1-2-4-13)19-12(18-10)20-6-5-15-9-20/h5-6,9,21H,1-4,7-8H2,(H,16,17,18,19). The number of aliphatic hydroxyl groups is 1. The van der Waals surface area contributed by atoms with Crippen LogP contribution in [0.5, 0.6) is 0 Å². The summed E-state index contributed by atoms with van der Waals surface area (Å²) in [5, 5.41) is 12.9. The first-order valence-electron chi connectivity index (χ1n) is 6.95. The highest BCUT2D eigenvalue weighted by Gasteiger charge is 2.33. The summed E-state index contributed by atoms with van der Waals surface area (Å²) in [6.07, 6.45) is 9.32. The molecule has 0 saturated heterocycles. The van der Waals surface area contributed by atoms with Gasteiger partial charge in [-0.05, 0) is 24.4 Å². The highest BCUT2D eigenvalue weighted by molar-refractivity contribution is 6.28. The molecule has 0 spiro atoms. The van der Waals surface area contributed by atoms with Gasteiger partial charge in [-0.15, -0.1) is 0 Å². The number of aliphatic hydroxyl groups excluding tert-OH is 1. The number of aromatic nitrogens is 5. The summed E-state index contributed by atoms with van der Waals surface area (Å²) in [5.41, 5.74) is -0.0751. The summed E-state index contributed by atoms with van der Waals surface area (Å²) >= 11 is 5.95. The van der Waals surface area contributed by atoms with Crippen LogP contribution in [0.4, 0.5) is 5.95 Å². The third-order valence-electron chi connectivity index (χ3n) is 3.95. The Morgan fingerprint density at radius 3 is 2.76 bits per heavy atom. The fourth-order valence-corrected chi connectivity index (χ4v) is 2.85. The topological polar surface area (TPSA) is 88.8 Å². The van der Waals surface area contributed by atoms with Crippen LogP contribution in [0, 0.1) is 5.41 Å². The van der Waals surface area contributed by atoms with Crippen LogP contribution in [0.15, 0.2) is 18.7 Å². The van der Waals surface area contributed by atoms with Crippen LogP contribution >= 0.6 is 11.6 Å². The molecule has 1 aliphatic carbocycles. The second-order valence-electron chi connectivity index (χ2n) is 5.42. The van der Waals surface area contributed by atoms with Gasteiger partial charge in [0.25, 0.3) is 0 Å². The van der Waals surface area contributed by atoms with Crippen LogP contribution < -0.4 is 5.32 Å². The lowest BCUT2D eigenvalue weighted by Crippen LogP contribution is -2.31. The van der Waals surface area contributed by atoms with Crippen molar-refractivity contribution in [1.29, 1.82) is 0 Å². The van der Waals surface area contributed by atoms with Gasteiger partial charge in [-0.1, -0.05) is 12.8 Å². The van der Waals surface area contributed by atoms with Crippen LogP contribution in [0.2, 0.25) is 5.28 Å². The molecule has 0 radical (unpaired) electrons. The van der Waals surface area contributed by atoms with Gasteiger partial charge >= 0.3 is 0 Å². The molecule has 8 heteroatoms. The number of hydrogen-bond donors (Lipinski definition) is 2. The zero-order valence-corrected chi connectivity index (χ0v) is 12.3. The fourth-order valence-electron chi connectivity index (χ4n) is 2.69. The summed E-state index contributed by atoms with van der Waals surface area (Å²) < 4.78 is 1.66. The van der Waals surface area contributed by atoms with E-state index in [2.05, 4.69) is 25.3 Å². The molecule has 0 amide bonds. The summed E-state index contributed by atoms with van der Waals surface area (Å²) in [6.45, 7) is 0.806. The minimum Gasteiger partial charge on any atom is -0.396 e. The summed E-state index contributed by atoms with van der Waals surface area (Å²) in [7, 11) is 0. The molecule has 0 bridgehead atoms. The van der Waals surface area contributed by atoms with Crippen LogP contribution in [-0.4, -0.2) is 42.8 Å². The van der Waals surface area contributed by atoms with Crippen LogP contribution in [0.1, 0.15) is 25.7 Å². The van der Waals surface area contributed by atoms with Crippen molar-refractivity contribution in [1.82, 2.24) is 24.5 Å². The van der Waals surface area contributed by atoms with Gasteiger partial charge in [-0.2, -0.15) is 15.0 Å². The molecule has 1 saturated carbocycles. The van der Waals surface area contributed by atoms with Gasteiger partial charge in [-0.25, -0.2) is 4.98 Å². The zero-order valence-electron chi connectivity index (χ0n) is 11.5. The van der Waals surface area contributed by atoms with Crippen molar-refractivity contribution in [3.05, 3.63) is 24.0 Å². The lowest BCUT2D eigenvalue weighted by atomic mass is 9.87. The normalized spacial score (nSPS) is 17.0. The van der Waals surface area contributed by atoms with E-state index in [0.717, 1.165) is 25.7 Å². The first kappa shape index (κ1) is 14.2. The van der Waals surface area contributed by atoms with E-state index in [1.807, 2.05) is 0 Å². The van der Waals surface area contributed by atoms with Crippen molar-refractivity contribution in [2.45, 2.75) is 25.7 Å². The predicted molar refractivity (Wildman–Crippen MR) is 78.4 cm³/mol. The van der Waals surface area contributed by atoms with E-state index in [9.17, 15) is 5.11 Å². The maximum atomic E-state index is 9.62. The molecule has 7 nitrogen and oxygen atoms in total. The van der Waals surface area contributed by atoms with E-state index in [1.165, 1.54) is 0 Å². The SMILES string of the molecule is OCC1(CNc2nc(Cl)nc(-n3ccnc3)n2)CCCC1. The second kappa shape index (κ2) is 5.95. The molecule has 0 aromatic carbocycles. The molecule has 0 atom stereocenters. The Hall–Kier alpha value is -1.73. The number of hydrogen-bond acceptors (Lipinski definition) is 6. The third kappa shape index (κ3) is 3.14. The van der Waals surface area contributed by atoms with Gasteiger partial charge in [0.05, 0.1) is 6.61 Å². The first-order chi connectivity index (χ1) is 10.2. The van der Waals surface area contributed by atoms with Crippen molar-refractivity contribution < 1.29 is 5.11 Å². The van der Waals surface area contributed by atoms with Crippen molar-refractivity contribution >= 4 is 17.5 Å². The highest BCUT2D eigenvalue weighted by atomic mass is 35.5. The average molecular weight is 309 g/mol. The smallest absolute Gasteiger partial charge is 0.241 e. The van der Waals surface area contributed by atoms with E-state index in [4.69, 9.17) is 11.6 Å². The molecule has 1 aliphatic rings. The lowest BCUT2D eigenvalue weighted by molar-refractivity contribution is 0.142. The molecule has 0 aliphatic heterocycles. The predicted octanol–water partition coefficient (Wildman–Crippen LogP) is 1.68. The first-order valence-corrected chi connectivity index (χ1v) is 7.33. The van der Waals surface area contributed by atoms with Crippen molar-refractivity contribution in [2.24, 2.45) is 5.41 Å². The van der Waals surface area contributed by atoms with Gasteiger partial charge in [0.15, 0.2) is 0 Å². The Morgan fingerprint density at radius 1 is 1.29 bits per heavy atom. The maximum absolute atomic E-state index is 9.62. The molecule has 2 N–H and O–H groups in total. The summed E-state index contributed by atoms with van der Waals surface area (Å²) in [5.74, 6) is 0.831. The number of imidazole rings is 1. The van der Waals surface area contributed by atoms with Crippen molar-refractivity contribution in [3.8, 4) is 5.95 Å². The molecule has 3 rings (SSSR count). The molecule has 112 valence electrons. The van der Waals surface area contributed by atoms with Gasteiger partial charge in [0.1, 0.15) is 6.33 Å². The van der Waals surface area contributed by atoms with E-state index in [1.54, 1.807) is 23.3 Å². The van der Waals surface area contributed by atoms with Crippen molar-refractivity contribution in [2.75, 3.05) is 18.5 Å². The largest absolute Gasteiger partial charge is 0.396 e. The van der Waals surface area contributed by atoms with Crippen LogP contribution in [0.3, 0.4) is 0 Å². The number of nitrogens with zero attached hydrogens (tertiary/aromatic N) is 5. The number of anilines is 1. The maximum Gasteiger partial charge on any atom is 0.241 e. The number of nitrogens with one attached hydrogen (secondary N) is 1. The Balaban J connectivity index is 1.76. The minimum absolute atomic E-state index is 0.0751. The summed E-state index contributed by atoms with van der Waals surface area (Å²) in [4.78, 5) is 16.4. The molecule has 0 unspecified atom stereocenters. The molecular formula is C13H17ClN6O. The van der Waals surface area contributed by atoms with Gasteiger partial charge in [0.2, 0.25) is 17.2 Å². The Morgan fingerprint density at radius 2 is 2.10 bits per heavy atom. The molecular weight excluding hydrogens is 292 g/mol. The molecule has 21 heavy (non-hydrogen) atoms. The Labute approximate surface area is 127 Å². The summed E-state index contributed by atoms with van der Waals surface area (Å²) in [6, 6.07) is 0. The lowest BCUT2D eigenvalue weighted by Gasteiger charge is -2.26. The Kier molecular flexibility index (Phi) is 4.03. The average Bonchev–Trinajstić information content (AvgIpc) is 3.17. The van der Waals surface area contributed by atoms with E-state index >= 15 is 0 Å². The van der Waals surface area contributed by atoms with Gasteiger partial charge in [-0.3, -0.25) is 4.57 Å². The van der Waals surface area contributed by atoms with Gasteiger partial charge < -0.3 is 10.4 Å².